The van der Waals surface area contributed by atoms with Crippen molar-refractivity contribution in [1.82, 2.24) is 0 Å². The summed E-state index contributed by atoms with van der Waals surface area (Å²) in [5.74, 6) is -0.425. The van der Waals surface area contributed by atoms with Gasteiger partial charge in [-0.25, -0.2) is 4.39 Å². The van der Waals surface area contributed by atoms with Crippen LogP contribution in [0.1, 0.15) is 0 Å². The van der Waals surface area contributed by atoms with E-state index in [2.05, 4.69) is 5.32 Å². The van der Waals surface area contributed by atoms with Crippen molar-refractivity contribution in [3.8, 4) is 0 Å². The summed E-state index contributed by atoms with van der Waals surface area (Å²) in [6.45, 7) is 0. The molecule has 1 aromatic carbocycles. The highest BCUT2D eigenvalue weighted by molar-refractivity contribution is 6.33. The largest absolute Gasteiger partial charge is 0.397 e. The van der Waals surface area contributed by atoms with Crippen molar-refractivity contribution < 1.29 is 4.39 Å². The van der Waals surface area contributed by atoms with Crippen molar-refractivity contribution in [3.05, 3.63) is 23.0 Å². The Morgan fingerprint density at radius 1 is 1.55 bits per heavy atom. The van der Waals surface area contributed by atoms with Crippen LogP contribution in [0.25, 0.3) is 0 Å². The molecular weight excluding hydrogens is 167 g/mol. The third-order valence-corrected chi connectivity index (χ3v) is 1.63. The van der Waals surface area contributed by atoms with Gasteiger partial charge in [0.25, 0.3) is 0 Å². The number of halogens is 2. The first kappa shape index (κ1) is 8.14. The van der Waals surface area contributed by atoms with Crippen molar-refractivity contribution >= 4 is 23.0 Å². The molecule has 1 aromatic rings. The maximum absolute atomic E-state index is 12.6. The lowest BCUT2D eigenvalue weighted by molar-refractivity contribution is 0.629. The maximum atomic E-state index is 12.6. The van der Waals surface area contributed by atoms with Crippen LogP contribution in [0.3, 0.4) is 0 Å². The third-order valence-electron chi connectivity index (χ3n) is 1.34. The molecule has 0 aromatic heterocycles. The molecule has 0 heterocycles. The predicted octanol–water partition coefficient (Wildman–Crippen LogP) is 2.10. The first-order valence-electron chi connectivity index (χ1n) is 3.07. The summed E-state index contributed by atoms with van der Waals surface area (Å²) in [7, 11) is 1.68. The van der Waals surface area contributed by atoms with Gasteiger partial charge < -0.3 is 11.1 Å². The minimum atomic E-state index is -0.425. The van der Waals surface area contributed by atoms with E-state index in [9.17, 15) is 4.39 Å². The number of benzene rings is 1. The number of hydrogen-bond donors (Lipinski definition) is 2. The lowest BCUT2D eigenvalue weighted by Gasteiger charge is -2.06. The molecule has 3 N–H and O–H groups in total. The predicted molar refractivity (Wildman–Crippen MR) is 45.4 cm³/mol. The smallest absolute Gasteiger partial charge is 0.126 e. The van der Waals surface area contributed by atoms with Crippen LogP contribution in [0.4, 0.5) is 15.8 Å². The lowest BCUT2D eigenvalue weighted by atomic mass is 10.2. The molecular formula is C7H8ClFN2. The fraction of sp³-hybridized carbons (Fsp3) is 0.143. The Balaban J connectivity index is 3.25. The van der Waals surface area contributed by atoms with Gasteiger partial charge in [-0.15, -0.1) is 0 Å². The number of nitrogens with one attached hydrogen (secondary N) is 1. The molecule has 60 valence electrons. The first-order chi connectivity index (χ1) is 5.15. The Bertz CT molecular complexity index is 252. The zero-order valence-electron chi connectivity index (χ0n) is 5.99. The second-order valence-electron chi connectivity index (χ2n) is 2.10. The molecule has 0 amide bonds. The zero-order valence-corrected chi connectivity index (χ0v) is 6.74. The summed E-state index contributed by atoms with van der Waals surface area (Å²) in [5, 5.41) is 3.06. The quantitative estimate of drug-likeness (QED) is 0.640. The first-order valence-corrected chi connectivity index (χ1v) is 3.45. The highest BCUT2D eigenvalue weighted by atomic mass is 35.5. The molecule has 0 unspecified atom stereocenters. The van der Waals surface area contributed by atoms with Crippen LogP contribution in [0.2, 0.25) is 5.02 Å². The van der Waals surface area contributed by atoms with E-state index in [4.69, 9.17) is 17.3 Å². The van der Waals surface area contributed by atoms with Crippen molar-refractivity contribution in [2.75, 3.05) is 18.1 Å². The molecule has 2 nitrogen and oxygen atoms in total. The van der Waals surface area contributed by atoms with Crippen LogP contribution in [0, 0.1) is 5.82 Å². The van der Waals surface area contributed by atoms with Gasteiger partial charge in [0.15, 0.2) is 0 Å². The zero-order chi connectivity index (χ0) is 8.43. The van der Waals surface area contributed by atoms with Gasteiger partial charge in [0, 0.05) is 7.05 Å². The van der Waals surface area contributed by atoms with Crippen LogP contribution in [-0.2, 0) is 0 Å². The molecule has 4 heteroatoms. The van der Waals surface area contributed by atoms with Crippen LogP contribution in [0.15, 0.2) is 12.1 Å². The Morgan fingerprint density at radius 3 is 2.64 bits per heavy atom. The van der Waals surface area contributed by atoms with Gasteiger partial charge in [0.2, 0.25) is 0 Å². The number of hydrogen-bond acceptors (Lipinski definition) is 2. The number of nitrogens with two attached hydrogens (primary N) is 1. The molecule has 11 heavy (non-hydrogen) atoms. The molecule has 1 rings (SSSR count). The minimum Gasteiger partial charge on any atom is -0.397 e. The topological polar surface area (TPSA) is 38.0 Å². The maximum Gasteiger partial charge on any atom is 0.126 e. The average molecular weight is 175 g/mol. The highest BCUT2D eigenvalue weighted by Crippen LogP contribution is 2.28. The second-order valence-corrected chi connectivity index (χ2v) is 2.51. The molecule has 0 radical (unpaired) electrons. The molecule has 0 spiro atoms. The average Bonchev–Trinajstić information content (AvgIpc) is 1.85. The van der Waals surface area contributed by atoms with Crippen LogP contribution >= 0.6 is 11.6 Å². The summed E-state index contributed by atoms with van der Waals surface area (Å²) in [6.07, 6.45) is 0. The van der Waals surface area contributed by atoms with E-state index in [1.807, 2.05) is 0 Å². The van der Waals surface area contributed by atoms with Crippen LogP contribution < -0.4 is 11.1 Å². The van der Waals surface area contributed by atoms with E-state index < -0.39 is 5.82 Å². The van der Waals surface area contributed by atoms with Gasteiger partial charge in [-0.2, -0.15) is 0 Å². The molecule has 0 saturated heterocycles. The lowest BCUT2D eigenvalue weighted by Crippen LogP contribution is -1.97. The molecule has 0 fully saturated rings. The summed E-state index contributed by atoms with van der Waals surface area (Å²) in [4.78, 5) is 0. The second kappa shape index (κ2) is 2.96. The SMILES string of the molecule is CNc1c(N)cc(F)cc1Cl. The van der Waals surface area contributed by atoms with E-state index in [1.165, 1.54) is 12.1 Å². The molecule has 0 bridgehead atoms. The molecule has 0 aliphatic heterocycles. The van der Waals surface area contributed by atoms with Crippen molar-refractivity contribution in [2.45, 2.75) is 0 Å². The van der Waals surface area contributed by atoms with Gasteiger partial charge >= 0.3 is 0 Å². The van der Waals surface area contributed by atoms with E-state index in [1.54, 1.807) is 7.05 Å². The van der Waals surface area contributed by atoms with Crippen molar-refractivity contribution in [2.24, 2.45) is 0 Å². The third kappa shape index (κ3) is 1.54. The van der Waals surface area contributed by atoms with E-state index >= 15 is 0 Å². The summed E-state index contributed by atoms with van der Waals surface area (Å²) in [6, 6.07) is 2.43. The number of nitrogen functional groups attached to an aromatic ring is 1. The van der Waals surface area contributed by atoms with Gasteiger partial charge in [-0.1, -0.05) is 11.6 Å². The molecule has 0 aliphatic rings. The number of anilines is 2. The monoisotopic (exact) mass is 174 g/mol. The standard InChI is InChI=1S/C7H8ClFN2/c1-11-7-5(8)2-4(9)3-6(7)10/h2-3,11H,10H2,1H3. The van der Waals surface area contributed by atoms with Gasteiger partial charge in [-0.3, -0.25) is 0 Å². The van der Waals surface area contributed by atoms with Gasteiger partial charge in [-0.05, 0) is 12.1 Å². The minimum absolute atomic E-state index is 0.296. The van der Waals surface area contributed by atoms with Gasteiger partial charge in [0.1, 0.15) is 5.82 Å². The Labute approximate surface area is 69.2 Å². The molecule has 0 saturated carbocycles. The van der Waals surface area contributed by atoms with Crippen molar-refractivity contribution in [1.29, 1.82) is 0 Å². The van der Waals surface area contributed by atoms with E-state index in [0.29, 0.717) is 16.4 Å². The van der Waals surface area contributed by atoms with Crippen LogP contribution in [0.5, 0.6) is 0 Å². The van der Waals surface area contributed by atoms with E-state index in [-0.39, 0.29) is 0 Å². The molecule has 0 atom stereocenters. The highest BCUT2D eigenvalue weighted by Gasteiger charge is 2.04. The normalized spacial score (nSPS) is 9.73. The van der Waals surface area contributed by atoms with Gasteiger partial charge in [0.05, 0.1) is 16.4 Å². The number of rotatable bonds is 1. The Hall–Kier alpha value is -0.960. The summed E-state index contributed by atoms with van der Waals surface area (Å²) < 4.78 is 12.6. The Kier molecular flexibility index (Phi) is 2.19. The summed E-state index contributed by atoms with van der Waals surface area (Å²) >= 11 is 5.65. The fourth-order valence-corrected chi connectivity index (χ4v) is 1.17. The van der Waals surface area contributed by atoms with Crippen LogP contribution in [-0.4, -0.2) is 7.05 Å². The van der Waals surface area contributed by atoms with Crippen molar-refractivity contribution in [3.63, 3.8) is 0 Å². The van der Waals surface area contributed by atoms with E-state index in [0.717, 1.165) is 0 Å². The Morgan fingerprint density at radius 2 is 2.18 bits per heavy atom. The summed E-state index contributed by atoms with van der Waals surface area (Å²) in [5.41, 5.74) is 6.33. The molecule has 0 aliphatic carbocycles. The fourth-order valence-electron chi connectivity index (χ4n) is 0.857.